The number of hydrogen-bond acceptors (Lipinski definition) is 4. The third-order valence-electron chi connectivity index (χ3n) is 2.81. The number of rotatable bonds is 4. The van der Waals surface area contributed by atoms with Crippen molar-refractivity contribution < 1.29 is 14.7 Å². The van der Waals surface area contributed by atoms with E-state index in [1.165, 1.54) is 12.3 Å². The van der Waals surface area contributed by atoms with E-state index in [4.69, 9.17) is 0 Å². The van der Waals surface area contributed by atoms with Gasteiger partial charge in [0, 0.05) is 12.1 Å². The molecule has 0 aliphatic carbocycles. The summed E-state index contributed by atoms with van der Waals surface area (Å²) in [7, 11) is 0. The molecule has 6 heteroatoms. The van der Waals surface area contributed by atoms with Crippen molar-refractivity contribution in [2.75, 3.05) is 0 Å². The highest BCUT2D eigenvalue weighted by Gasteiger charge is 2.11. The molecule has 0 fully saturated rings. The summed E-state index contributed by atoms with van der Waals surface area (Å²) in [5.41, 5.74) is 3.43. The first-order valence-electron chi connectivity index (χ1n) is 6.60. The summed E-state index contributed by atoms with van der Waals surface area (Å²) < 4.78 is 0. The topological polar surface area (TPSA) is 90.8 Å². The lowest BCUT2D eigenvalue weighted by Crippen LogP contribution is -2.37. The minimum atomic E-state index is -0.873. The fourth-order valence-electron chi connectivity index (χ4n) is 1.67. The van der Waals surface area contributed by atoms with Gasteiger partial charge in [-0.3, -0.25) is 9.59 Å². The molecular weight excluding hydrogens is 282 g/mol. The third kappa shape index (κ3) is 4.45. The summed E-state index contributed by atoms with van der Waals surface area (Å²) in [6.07, 6.45) is 1.26. The standard InChI is InChI=1S/C16H15N3O3/c20-14-9-5-4-8-13(14)11-18-19-16(22)15(21)17-10-12-6-2-1-3-7-12/h1-9,11,20H,10H2,(H,17,21)(H,19,22)/b18-11+. The molecule has 112 valence electrons. The summed E-state index contributed by atoms with van der Waals surface area (Å²) in [6.45, 7) is 0.260. The molecule has 0 saturated carbocycles. The van der Waals surface area contributed by atoms with Crippen molar-refractivity contribution in [2.24, 2.45) is 5.10 Å². The lowest BCUT2D eigenvalue weighted by Gasteiger charge is -2.03. The molecule has 2 rings (SSSR count). The van der Waals surface area contributed by atoms with Crippen molar-refractivity contribution in [1.29, 1.82) is 0 Å². The van der Waals surface area contributed by atoms with Crippen LogP contribution in [-0.2, 0) is 16.1 Å². The van der Waals surface area contributed by atoms with E-state index in [1.54, 1.807) is 18.2 Å². The van der Waals surface area contributed by atoms with Crippen molar-refractivity contribution >= 4 is 18.0 Å². The second kappa shape index (κ2) is 7.58. The van der Waals surface area contributed by atoms with Gasteiger partial charge in [0.1, 0.15) is 5.75 Å². The van der Waals surface area contributed by atoms with E-state index in [1.807, 2.05) is 30.3 Å². The number of carbonyl (C=O) groups is 2. The Kier molecular flexibility index (Phi) is 5.25. The lowest BCUT2D eigenvalue weighted by atomic mass is 10.2. The highest BCUT2D eigenvalue weighted by molar-refractivity contribution is 6.35. The van der Waals surface area contributed by atoms with E-state index in [9.17, 15) is 14.7 Å². The molecule has 0 bridgehead atoms. The van der Waals surface area contributed by atoms with Crippen molar-refractivity contribution in [3.05, 3.63) is 65.7 Å². The van der Waals surface area contributed by atoms with Gasteiger partial charge in [-0.15, -0.1) is 0 Å². The van der Waals surface area contributed by atoms with E-state index in [-0.39, 0.29) is 12.3 Å². The van der Waals surface area contributed by atoms with Crippen LogP contribution in [-0.4, -0.2) is 23.1 Å². The van der Waals surface area contributed by atoms with E-state index in [0.29, 0.717) is 5.56 Å². The molecule has 0 heterocycles. The number of phenols is 1. The van der Waals surface area contributed by atoms with E-state index in [2.05, 4.69) is 15.8 Å². The number of hydrazone groups is 1. The summed E-state index contributed by atoms with van der Waals surface area (Å²) in [4.78, 5) is 23.1. The first-order chi connectivity index (χ1) is 10.7. The molecule has 22 heavy (non-hydrogen) atoms. The van der Waals surface area contributed by atoms with Crippen molar-refractivity contribution in [3.63, 3.8) is 0 Å². The fourth-order valence-corrected chi connectivity index (χ4v) is 1.67. The van der Waals surface area contributed by atoms with Gasteiger partial charge in [0.05, 0.1) is 6.21 Å². The summed E-state index contributed by atoms with van der Waals surface area (Å²) in [5, 5.41) is 15.6. The number of nitrogens with one attached hydrogen (secondary N) is 2. The first kappa shape index (κ1) is 15.2. The Bertz CT molecular complexity index is 684. The third-order valence-corrected chi connectivity index (χ3v) is 2.81. The second-order valence-electron chi connectivity index (χ2n) is 4.43. The maximum absolute atomic E-state index is 11.6. The zero-order valence-electron chi connectivity index (χ0n) is 11.7. The average molecular weight is 297 g/mol. The maximum atomic E-state index is 11.6. The van der Waals surface area contributed by atoms with Gasteiger partial charge in [0.15, 0.2) is 0 Å². The van der Waals surface area contributed by atoms with Crippen LogP contribution in [0.5, 0.6) is 5.75 Å². The highest BCUT2D eigenvalue weighted by atomic mass is 16.3. The van der Waals surface area contributed by atoms with Crippen LogP contribution in [0.15, 0.2) is 59.7 Å². The molecule has 3 N–H and O–H groups in total. The molecular formula is C16H15N3O3. The van der Waals surface area contributed by atoms with Crippen LogP contribution in [0.3, 0.4) is 0 Å². The van der Waals surface area contributed by atoms with Gasteiger partial charge in [0.2, 0.25) is 0 Å². The Morgan fingerprint density at radius 3 is 2.41 bits per heavy atom. The van der Waals surface area contributed by atoms with Gasteiger partial charge in [0.25, 0.3) is 0 Å². The molecule has 2 aromatic carbocycles. The Labute approximate surface area is 127 Å². The van der Waals surface area contributed by atoms with E-state index in [0.717, 1.165) is 5.56 Å². The smallest absolute Gasteiger partial charge is 0.329 e. The molecule has 0 spiro atoms. The zero-order chi connectivity index (χ0) is 15.8. The first-order valence-corrected chi connectivity index (χ1v) is 6.60. The monoisotopic (exact) mass is 297 g/mol. The summed E-state index contributed by atoms with van der Waals surface area (Å²) in [6, 6.07) is 15.7. The van der Waals surface area contributed by atoms with Gasteiger partial charge in [-0.1, -0.05) is 42.5 Å². The SMILES string of the molecule is O=C(NCc1ccccc1)C(=O)N/N=C/c1ccccc1O. The Morgan fingerprint density at radius 1 is 1.00 bits per heavy atom. The fraction of sp³-hybridized carbons (Fsp3) is 0.0625. The van der Waals surface area contributed by atoms with Crippen LogP contribution in [0.2, 0.25) is 0 Å². The minimum Gasteiger partial charge on any atom is -0.507 e. The number of hydrogen-bond donors (Lipinski definition) is 3. The van der Waals surface area contributed by atoms with E-state index < -0.39 is 11.8 Å². The zero-order valence-corrected chi connectivity index (χ0v) is 11.7. The van der Waals surface area contributed by atoms with E-state index >= 15 is 0 Å². The molecule has 0 aliphatic rings. The minimum absolute atomic E-state index is 0.0361. The van der Waals surface area contributed by atoms with Gasteiger partial charge in [-0.25, -0.2) is 5.43 Å². The number of carbonyl (C=O) groups excluding carboxylic acids is 2. The number of aromatic hydroxyl groups is 1. The van der Waals surface area contributed by atoms with Gasteiger partial charge >= 0.3 is 11.8 Å². The Hall–Kier alpha value is -3.15. The van der Waals surface area contributed by atoms with Gasteiger partial charge in [-0.2, -0.15) is 5.10 Å². The molecule has 0 saturated heterocycles. The lowest BCUT2D eigenvalue weighted by molar-refractivity contribution is -0.139. The van der Waals surface area contributed by atoms with Crippen LogP contribution in [0.1, 0.15) is 11.1 Å². The highest BCUT2D eigenvalue weighted by Crippen LogP contribution is 2.12. The van der Waals surface area contributed by atoms with Crippen LogP contribution in [0.25, 0.3) is 0 Å². The number of amides is 2. The van der Waals surface area contributed by atoms with Gasteiger partial charge in [-0.05, 0) is 17.7 Å². The predicted molar refractivity (Wildman–Crippen MR) is 82.1 cm³/mol. The van der Waals surface area contributed by atoms with Crippen molar-refractivity contribution in [2.45, 2.75) is 6.54 Å². The molecule has 0 atom stereocenters. The molecule has 0 aliphatic heterocycles. The van der Waals surface area contributed by atoms with Crippen molar-refractivity contribution in [1.82, 2.24) is 10.7 Å². The molecule has 6 nitrogen and oxygen atoms in total. The maximum Gasteiger partial charge on any atom is 0.329 e. The number of phenolic OH excluding ortho intramolecular Hbond substituents is 1. The number of nitrogens with zero attached hydrogens (tertiary/aromatic N) is 1. The molecule has 0 radical (unpaired) electrons. The Balaban J connectivity index is 1.82. The molecule has 0 unspecified atom stereocenters. The average Bonchev–Trinajstić information content (AvgIpc) is 2.55. The second-order valence-corrected chi connectivity index (χ2v) is 4.43. The predicted octanol–water partition coefficient (Wildman–Crippen LogP) is 1.16. The largest absolute Gasteiger partial charge is 0.507 e. The number of para-hydroxylation sites is 1. The molecule has 2 amide bonds. The summed E-state index contributed by atoms with van der Waals surface area (Å²) in [5.74, 6) is -1.62. The van der Waals surface area contributed by atoms with Gasteiger partial charge < -0.3 is 10.4 Å². The summed E-state index contributed by atoms with van der Waals surface area (Å²) >= 11 is 0. The Morgan fingerprint density at radius 2 is 1.68 bits per heavy atom. The van der Waals surface area contributed by atoms with Crippen molar-refractivity contribution in [3.8, 4) is 5.75 Å². The van der Waals surface area contributed by atoms with Crippen LogP contribution in [0.4, 0.5) is 0 Å². The number of benzene rings is 2. The molecule has 2 aromatic rings. The van der Waals surface area contributed by atoms with Crippen LogP contribution in [0, 0.1) is 0 Å². The molecule has 0 aromatic heterocycles. The quantitative estimate of drug-likeness (QED) is 0.449. The van der Waals surface area contributed by atoms with Crippen LogP contribution < -0.4 is 10.7 Å². The normalized spacial score (nSPS) is 10.4. The van der Waals surface area contributed by atoms with Crippen LogP contribution >= 0.6 is 0 Å².